The zero-order chi connectivity index (χ0) is 23.8. The van der Waals surface area contributed by atoms with Crippen LogP contribution < -0.4 is 10.6 Å². The van der Waals surface area contributed by atoms with E-state index in [0.29, 0.717) is 11.2 Å². The summed E-state index contributed by atoms with van der Waals surface area (Å²) in [6.07, 6.45) is 12.1. The molecule has 32 heavy (non-hydrogen) atoms. The van der Waals surface area contributed by atoms with Crippen LogP contribution in [0.5, 0.6) is 0 Å². The molecule has 1 rings (SSSR count). The molecule has 0 aliphatic carbocycles. The molecule has 0 radical (unpaired) electrons. The molecule has 2 N–H and O–H groups in total. The van der Waals surface area contributed by atoms with E-state index in [2.05, 4.69) is 61.6 Å². The lowest BCUT2D eigenvalue weighted by molar-refractivity contribution is 0.305. The minimum Gasteiger partial charge on any atom is -0.497 e. The summed E-state index contributed by atoms with van der Waals surface area (Å²) in [5.74, 6) is 2.88. The maximum absolute atomic E-state index is 6.03. The first-order valence-electron chi connectivity index (χ1n) is 11.7. The summed E-state index contributed by atoms with van der Waals surface area (Å²) in [4.78, 5) is 11.1. The predicted octanol–water partition coefficient (Wildman–Crippen LogP) is 7.66. The number of rotatable bonds is 13. The molecule has 1 aromatic rings. The molecule has 0 aromatic carbocycles. The summed E-state index contributed by atoms with van der Waals surface area (Å²) in [6, 6.07) is 0. The van der Waals surface area contributed by atoms with Crippen molar-refractivity contribution in [1.29, 1.82) is 0 Å². The van der Waals surface area contributed by atoms with Gasteiger partial charge in [0.2, 0.25) is 5.95 Å². The van der Waals surface area contributed by atoms with Gasteiger partial charge in [0.25, 0.3) is 0 Å². The summed E-state index contributed by atoms with van der Waals surface area (Å²) in [5, 5.41) is 1.50. The number of ether oxygens (including phenoxy) is 1. The van der Waals surface area contributed by atoms with Crippen molar-refractivity contribution >= 4 is 23.5 Å². The maximum Gasteiger partial charge on any atom is 0.223 e. The van der Waals surface area contributed by atoms with Crippen LogP contribution in [-0.2, 0) is 4.74 Å². The predicted molar refractivity (Wildman–Crippen MR) is 146 cm³/mol. The summed E-state index contributed by atoms with van der Waals surface area (Å²) >= 11 is 1.81. The van der Waals surface area contributed by atoms with Crippen LogP contribution in [0.1, 0.15) is 86.6 Å². The third-order valence-electron chi connectivity index (χ3n) is 4.71. The SMILES string of the molecule is C.CC.CC/C=C(\C=C/CN(C)c1nc(N)nc(SC(C)CCCCC(C)C)c1C)OC. The highest BCUT2D eigenvalue weighted by Crippen LogP contribution is 2.32. The average molecular weight is 467 g/mol. The van der Waals surface area contributed by atoms with E-state index in [1.165, 1.54) is 25.7 Å². The molecular weight excluding hydrogens is 416 g/mol. The summed E-state index contributed by atoms with van der Waals surface area (Å²) < 4.78 is 5.34. The van der Waals surface area contributed by atoms with Crippen LogP contribution in [0.4, 0.5) is 11.8 Å². The van der Waals surface area contributed by atoms with Crippen molar-refractivity contribution in [3.63, 3.8) is 0 Å². The molecule has 1 aromatic heterocycles. The van der Waals surface area contributed by atoms with E-state index >= 15 is 0 Å². The van der Waals surface area contributed by atoms with Gasteiger partial charge in [0, 0.05) is 24.4 Å². The first-order chi connectivity index (χ1) is 14.8. The fourth-order valence-corrected chi connectivity index (χ4v) is 4.14. The number of allylic oxidation sites excluding steroid dienone is 2. The fourth-order valence-electron chi connectivity index (χ4n) is 3.06. The molecule has 186 valence electrons. The molecule has 1 heterocycles. The van der Waals surface area contributed by atoms with Crippen molar-refractivity contribution in [2.45, 2.75) is 98.3 Å². The molecule has 1 atom stereocenters. The summed E-state index contributed by atoms with van der Waals surface area (Å²) in [5.41, 5.74) is 7.11. The standard InChI is InChI=1S/C23H40N4OS.C2H6.CH4/c1-8-12-20(28-7)15-11-16-27(6)21-19(5)22(26-23(24)25-21)29-18(4)14-10-9-13-17(2)3;1-2;/h11-12,15,17-18H,8-10,13-14,16H2,1-7H3,(H2,24,25,26);1-2H3;1H4/b15-11-,20-12+;;. The minimum atomic E-state index is 0. The van der Waals surface area contributed by atoms with Crippen molar-refractivity contribution < 1.29 is 4.74 Å². The fraction of sp³-hybridized carbons (Fsp3) is 0.692. The van der Waals surface area contributed by atoms with Crippen molar-refractivity contribution in [1.82, 2.24) is 9.97 Å². The smallest absolute Gasteiger partial charge is 0.223 e. The Morgan fingerprint density at radius 2 is 1.78 bits per heavy atom. The highest BCUT2D eigenvalue weighted by molar-refractivity contribution is 7.99. The lowest BCUT2D eigenvalue weighted by Crippen LogP contribution is -2.21. The Bertz CT molecular complexity index is 674. The normalized spacial score (nSPS) is 12.2. The number of nitrogen functional groups attached to an aromatic ring is 1. The zero-order valence-corrected chi connectivity index (χ0v) is 22.2. The molecule has 0 aliphatic rings. The first-order valence-corrected chi connectivity index (χ1v) is 12.6. The van der Waals surface area contributed by atoms with Gasteiger partial charge in [-0.05, 0) is 37.8 Å². The van der Waals surface area contributed by atoms with Gasteiger partial charge >= 0.3 is 0 Å². The summed E-state index contributed by atoms with van der Waals surface area (Å²) in [7, 11) is 3.72. The lowest BCUT2D eigenvalue weighted by Gasteiger charge is -2.21. The van der Waals surface area contributed by atoms with Crippen molar-refractivity contribution in [2.24, 2.45) is 5.92 Å². The van der Waals surface area contributed by atoms with Crippen molar-refractivity contribution in [2.75, 3.05) is 31.3 Å². The molecule has 0 aliphatic heterocycles. The van der Waals surface area contributed by atoms with Crippen molar-refractivity contribution in [3.8, 4) is 0 Å². The number of unbranched alkanes of at least 4 members (excludes halogenated alkanes) is 1. The number of aromatic nitrogens is 2. The van der Waals surface area contributed by atoms with Crippen LogP contribution in [0.3, 0.4) is 0 Å². The van der Waals surface area contributed by atoms with Crippen LogP contribution >= 0.6 is 11.8 Å². The Labute approximate surface area is 203 Å². The summed E-state index contributed by atoms with van der Waals surface area (Å²) in [6.45, 7) is 15.7. The molecule has 5 nitrogen and oxygen atoms in total. The Balaban J connectivity index is 0. The van der Waals surface area contributed by atoms with E-state index in [1.54, 1.807) is 7.11 Å². The second kappa shape index (κ2) is 18.8. The number of likely N-dealkylation sites (N-methyl/N-ethyl adjacent to an activating group) is 1. The second-order valence-electron chi connectivity index (χ2n) is 7.94. The van der Waals surface area contributed by atoms with Gasteiger partial charge in [-0.3, -0.25) is 0 Å². The average Bonchev–Trinajstić information content (AvgIpc) is 2.74. The van der Waals surface area contributed by atoms with Crippen LogP contribution in [0.2, 0.25) is 0 Å². The third kappa shape index (κ3) is 13.0. The van der Waals surface area contributed by atoms with E-state index in [1.807, 2.05) is 38.7 Å². The minimum absolute atomic E-state index is 0. The largest absolute Gasteiger partial charge is 0.497 e. The van der Waals surface area contributed by atoms with Crippen LogP contribution in [-0.4, -0.2) is 35.9 Å². The van der Waals surface area contributed by atoms with Gasteiger partial charge in [0.1, 0.15) is 16.6 Å². The van der Waals surface area contributed by atoms with Gasteiger partial charge in [-0.15, -0.1) is 11.8 Å². The van der Waals surface area contributed by atoms with Gasteiger partial charge in [-0.25, -0.2) is 4.98 Å². The van der Waals surface area contributed by atoms with Gasteiger partial charge in [0.05, 0.1) is 7.11 Å². The molecular formula is C26H50N4OS. The molecule has 0 saturated carbocycles. The van der Waals surface area contributed by atoms with E-state index < -0.39 is 0 Å². The third-order valence-corrected chi connectivity index (χ3v) is 5.97. The molecule has 0 fully saturated rings. The number of thioether (sulfide) groups is 1. The van der Waals surface area contributed by atoms with Gasteiger partial charge in [-0.2, -0.15) is 4.98 Å². The maximum atomic E-state index is 6.03. The number of nitrogens with two attached hydrogens (primary N) is 1. The number of anilines is 2. The van der Waals surface area contributed by atoms with Gasteiger partial charge in [-0.1, -0.05) is 74.3 Å². The van der Waals surface area contributed by atoms with E-state index in [4.69, 9.17) is 10.5 Å². The molecule has 0 amide bonds. The number of nitrogens with zero attached hydrogens (tertiary/aromatic N) is 3. The Kier molecular flexibility index (Phi) is 19.1. The highest BCUT2D eigenvalue weighted by atomic mass is 32.2. The molecule has 6 heteroatoms. The molecule has 0 spiro atoms. The van der Waals surface area contributed by atoms with E-state index in [9.17, 15) is 0 Å². The van der Waals surface area contributed by atoms with E-state index in [0.717, 1.165) is 41.0 Å². The van der Waals surface area contributed by atoms with Crippen LogP contribution in [0.25, 0.3) is 0 Å². The molecule has 0 saturated heterocycles. The Morgan fingerprint density at radius 1 is 1.16 bits per heavy atom. The van der Waals surface area contributed by atoms with Crippen LogP contribution in [0.15, 0.2) is 29.0 Å². The van der Waals surface area contributed by atoms with Gasteiger partial charge < -0.3 is 15.4 Å². The Hall–Kier alpha value is -1.69. The van der Waals surface area contributed by atoms with Gasteiger partial charge in [0.15, 0.2) is 0 Å². The first kappa shape index (κ1) is 32.5. The molecule has 0 bridgehead atoms. The van der Waals surface area contributed by atoms with Crippen LogP contribution in [0, 0.1) is 12.8 Å². The number of hydrogen-bond donors (Lipinski definition) is 1. The monoisotopic (exact) mass is 466 g/mol. The second-order valence-corrected chi connectivity index (χ2v) is 9.37. The number of methoxy groups -OCH3 is 1. The molecule has 1 unspecified atom stereocenters. The van der Waals surface area contributed by atoms with E-state index in [-0.39, 0.29) is 7.43 Å². The topological polar surface area (TPSA) is 64.3 Å². The quantitative estimate of drug-likeness (QED) is 0.106. The Morgan fingerprint density at radius 3 is 2.34 bits per heavy atom. The van der Waals surface area contributed by atoms with Crippen molar-refractivity contribution in [3.05, 3.63) is 29.6 Å². The highest BCUT2D eigenvalue weighted by Gasteiger charge is 2.15. The number of hydrogen-bond acceptors (Lipinski definition) is 6. The zero-order valence-electron chi connectivity index (χ0n) is 21.4. The lowest BCUT2D eigenvalue weighted by atomic mass is 10.0.